The number of allylic oxidation sites excluding steroid dienone is 4. The minimum atomic E-state index is 0. The van der Waals surface area contributed by atoms with Gasteiger partial charge in [0.15, 0.2) is 0 Å². The van der Waals surface area contributed by atoms with E-state index < -0.39 is 0 Å². The predicted molar refractivity (Wildman–Crippen MR) is 154 cm³/mol. The van der Waals surface area contributed by atoms with E-state index in [0.717, 1.165) is 6.42 Å². The first kappa shape index (κ1) is 29.4. The molecule has 1 aromatic heterocycles. The zero-order valence-electron chi connectivity index (χ0n) is 19.8. The Hall–Kier alpha value is -1.83. The molecule has 176 valence electrons. The van der Waals surface area contributed by atoms with Crippen molar-refractivity contribution in [2.24, 2.45) is 5.92 Å². The molecule has 0 fully saturated rings. The first-order valence-electron chi connectivity index (χ1n) is 11.1. The fourth-order valence-corrected chi connectivity index (χ4v) is 5.00. The van der Waals surface area contributed by atoms with E-state index in [1.54, 1.807) is 11.3 Å². The van der Waals surface area contributed by atoms with Crippen molar-refractivity contribution in [2.75, 3.05) is 0 Å². The molecule has 0 aliphatic heterocycles. The molecule has 2 aliphatic rings. The minimum Gasteiger partial charge on any atom is -0.179 e. The number of fused-ring (bicyclic) bond motifs is 3. The number of halogens is 2. The second-order valence-corrected chi connectivity index (χ2v) is 10.9. The number of benzene rings is 3. The van der Waals surface area contributed by atoms with Gasteiger partial charge in [0.25, 0.3) is 0 Å². The van der Waals surface area contributed by atoms with Crippen LogP contribution in [0.25, 0.3) is 16.7 Å². The average molecular weight is 595 g/mol. The summed E-state index contributed by atoms with van der Waals surface area (Å²) in [5, 5.41) is 2.10. The van der Waals surface area contributed by atoms with E-state index in [0.29, 0.717) is 5.92 Å². The summed E-state index contributed by atoms with van der Waals surface area (Å²) in [4.78, 5) is 1.35. The molecular weight excluding hydrogens is 567 g/mol. The van der Waals surface area contributed by atoms with Gasteiger partial charge in [-0.25, -0.2) is 6.08 Å². The third kappa shape index (κ3) is 8.09. The van der Waals surface area contributed by atoms with E-state index in [9.17, 15) is 0 Å². The minimum absolute atomic E-state index is 0. The van der Waals surface area contributed by atoms with E-state index in [2.05, 4.69) is 116 Å². The van der Waals surface area contributed by atoms with Crippen molar-refractivity contribution in [1.29, 1.82) is 0 Å². The summed E-state index contributed by atoms with van der Waals surface area (Å²) < 4.78 is 1.46. The molecule has 0 saturated carbocycles. The summed E-state index contributed by atoms with van der Waals surface area (Å²) in [6.07, 6.45) is 8.62. The van der Waals surface area contributed by atoms with Gasteiger partial charge in [0.1, 0.15) is 0 Å². The molecule has 4 aromatic rings. The third-order valence-corrected chi connectivity index (χ3v) is 7.19. The maximum absolute atomic E-state index is 3.30. The molecule has 1 atom stereocenters. The number of thiophene rings is 1. The van der Waals surface area contributed by atoms with Crippen LogP contribution in [0, 0.1) is 18.1 Å². The van der Waals surface area contributed by atoms with Crippen LogP contribution in [-0.2, 0) is 30.7 Å². The fourth-order valence-electron chi connectivity index (χ4n) is 3.87. The SMILES string of the molecule is CC1[C-]=CC(c2cccs2)=C1.C[C](=[Zr+2])c1ccccc1.Cl.Cl.[c-]1cccc2c1Cc1ccccc1-2. The van der Waals surface area contributed by atoms with Gasteiger partial charge in [-0.3, -0.25) is 6.08 Å². The van der Waals surface area contributed by atoms with E-state index in [1.807, 2.05) is 12.1 Å². The summed E-state index contributed by atoms with van der Waals surface area (Å²) >= 11 is 3.29. The van der Waals surface area contributed by atoms with Crippen molar-refractivity contribution in [1.82, 2.24) is 0 Å². The molecular formula is C31H28Cl2SZr. The van der Waals surface area contributed by atoms with Crippen molar-refractivity contribution in [2.45, 2.75) is 20.3 Å². The monoisotopic (exact) mass is 592 g/mol. The quantitative estimate of drug-likeness (QED) is 0.179. The third-order valence-electron chi connectivity index (χ3n) is 5.56. The van der Waals surface area contributed by atoms with Gasteiger partial charge in [-0.05, 0) is 16.7 Å². The Balaban J connectivity index is 0.000000183. The number of hydrogen-bond acceptors (Lipinski definition) is 1. The Labute approximate surface area is 241 Å². The Morgan fingerprint density at radius 3 is 2.23 bits per heavy atom. The topological polar surface area (TPSA) is 0 Å². The van der Waals surface area contributed by atoms with Crippen molar-refractivity contribution >= 4 is 44.9 Å². The van der Waals surface area contributed by atoms with Gasteiger partial charge in [-0.2, -0.15) is 52.8 Å². The van der Waals surface area contributed by atoms with Gasteiger partial charge in [0, 0.05) is 0 Å². The van der Waals surface area contributed by atoms with E-state index in [1.165, 1.54) is 65.7 Å². The molecule has 1 heterocycles. The summed E-state index contributed by atoms with van der Waals surface area (Å²) in [6.45, 7) is 4.31. The van der Waals surface area contributed by atoms with Crippen LogP contribution in [0.3, 0.4) is 0 Å². The zero-order valence-corrected chi connectivity index (χ0v) is 24.7. The van der Waals surface area contributed by atoms with Gasteiger partial charge in [0.2, 0.25) is 0 Å². The van der Waals surface area contributed by atoms with E-state index in [4.69, 9.17) is 0 Å². The molecule has 0 saturated heterocycles. The Morgan fingerprint density at radius 2 is 1.60 bits per heavy atom. The van der Waals surface area contributed by atoms with Crippen LogP contribution >= 0.6 is 36.2 Å². The normalized spacial score (nSPS) is 13.9. The summed E-state index contributed by atoms with van der Waals surface area (Å²) in [6, 6.07) is 32.8. The van der Waals surface area contributed by atoms with Crippen LogP contribution < -0.4 is 0 Å². The van der Waals surface area contributed by atoms with Crippen molar-refractivity contribution < 1.29 is 24.2 Å². The van der Waals surface area contributed by atoms with Crippen molar-refractivity contribution in [3.63, 3.8) is 0 Å². The van der Waals surface area contributed by atoms with Gasteiger partial charge in [-0.15, -0.1) is 30.4 Å². The van der Waals surface area contributed by atoms with Gasteiger partial charge < -0.3 is 0 Å². The standard InChI is InChI=1S/C13H9.C10H9S.C8H8.2ClH.Zr/c1-3-7-12-10(5-1)9-11-6-2-4-8-13(11)12;1-8-4-5-9(7-8)10-3-2-6-11-10;1-2-8-6-4-3-5-7-8;;;/h1-5,7-8H,9H2;2-3,5-8H,1H3;3-7H,1H3;2*1H;/q2*-1;;;;+2. The molecule has 2 aliphatic carbocycles. The average Bonchev–Trinajstić information content (AvgIpc) is 3.60. The van der Waals surface area contributed by atoms with Crippen molar-refractivity contribution in [3.05, 3.63) is 136 Å². The van der Waals surface area contributed by atoms with Gasteiger partial charge in [0.05, 0.1) is 0 Å². The second-order valence-electron chi connectivity index (χ2n) is 8.09. The molecule has 3 aromatic carbocycles. The van der Waals surface area contributed by atoms with Crippen LogP contribution in [0.15, 0.2) is 102 Å². The van der Waals surface area contributed by atoms with E-state index >= 15 is 0 Å². The maximum Gasteiger partial charge on any atom is -0.0253 e. The van der Waals surface area contributed by atoms with Crippen LogP contribution in [0.5, 0.6) is 0 Å². The molecule has 0 spiro atoms. The predicted octanol–water partition coefficient (Wildman–Crippen LogP) is 8.82. The fraction of sp³-hybridized carbons (Fsp3) is 0.129. The van der Waals surface area contributed by atoms with E-state index in [-0.39, 0.29) is 24.8 Å². The van der Waals surface area contributed by atoms with Crippen LogP contribution in [0.2, 0.25) is 0 Å². The first-order valence-corrected chi connectivity index (χ1v) is 13.3. The van der Waals surface area contributed by atoms with Gasteiger partial charge in [-0.1, -0.05) is 60.4 Å². The van der Waals surface area contributed by atoms with Crippen molar-refractivity contribution in [3.8, 4) is 11.1 Å². The molecule has 35 heavy (non-hydrogen) atoms. The first-order chi connectivity index (χ1) is 16.1. The van der Waals surface area contributed by atoms with Crippen LogP contribution in [0.1, 0.15) is 35.4 Å². The summed E-state index contributed by atoms with van der Waals surface area (Å²) in [5.74, 6) is 0.493. The molecule has 0 amide bonds. The Kier molecular flexibility index (Phi) is 12.3. The molecule has 1 unspecified atom stereocenters. The zero-order chi connectivity index (χ0) is 23.0. The van der Waals surface area contributed by atoms with Crippen LogP contribution in [-0.4, -0.2) is 3.21 Å². The maximum atomic E-state index is 3.30. The molecule has 0 radical (unpaired) electrons. The molecule has 0 nitrogen and oxygen atoms in total. The Morgan fingerprint density at radius 1 is 0.886 bits per heavy atom. The smallest absolute Gasteiger partial charge is 0.0253 e. The molecule has 0 bridgehead atoms. The summed E-state index contributed by atoms with van der Waals surface area (Å²) in [7, 11) is 0. The second kappa shape index (κ2) is 14.7. The van der Waals surface area contributed by atoms with Gasteiger partial charge >= 0.3 is 70.3 Å². The van der Waals surface area contributed by atoms with Crippen LogP contribution in [0.4, 0.5) is 0 Å². The number of rotatable bonds is 2. The Bertz CT molecular complexity index is 1230. The largest absolute Gasteiger partial charge is 0.179 e. The summed E-state index contributed by atoms with van der Waals surface area (Å²) in [5.41, 5.74) is 8.21. The molecule has 4 heteroatoms. The molecule has 6 rings (SSSR count). The molecule has 0 N–H and O–H groups in total. The number of hydrogen-bond donors (Lipinski definition) is 0.